The first-order chi connectivity index (χ1) is 16.8. The number of rotatable bonds is 8. The van der Waals surface area contributed by atoms with Crippen molar-refractivity contribution in [1.29, 1.82) is 0 Å². The molecule has 1 aliphatic carbocycles. The van der Waals surface area contributed by atoms with Crippen molar-refractivity contribution in [2.75, 3.05) is 32.9 Å². The van der Waals surface area contributed by atoms with E-state index in [0.29, 0.717) is 6.54 Å². The Labute approximate surface area is 205 Å². The van der Waals surface area contributed by atoms with Crippen LogP contribution in [0.2, 0.25) is 0 Å². The molecule has 0 spiro atoms. The predicted octanol–water partition coefficient (Wildman–Crippen LogP) is 3.64. The summed E-state index contributed by atoms with van der Waals surface area (Å²) in [5, 5.41) is 12.2. The molecule has 1 aliphatic heterocycles. The molecule has 1 fully saturated rings. The van der Waals surface area contributed by atoms with Crippen molar-refractivity contribution < 1.29 is 29.0 Å². The number of hydrogen-bond donors (Lipinski definition) is 2. The third-order valence-corrected chi connectivity index (χ3v) is 6.91. The number of benzene rings is 2. The fraction of sp³-hybridized carbons (Fsp3) is 0.444. The van der Waals surface area contributed by atoms with Crippen LogP contribution in [0.4, 0.5) is 4.79 Å². The number of likely N-dealkylation sites (tertiary alicyclic amines) is 1. The number of hydrogen-bond acceptors (Lipinski definition) is 5. The molecule has 2 amide bonds. The van der Waals surface area contributed by atoms with Crippen molar-refractivity contribution in [2.24, 2.45) is 5.41 Å². The van der Waals surface area contributed by atoms with Gasteiger partial charge in [-0.3, -0.25) is 4.79 Å². The summed E-state index contributed by atoms with van der Waals surface area (Å²) < 4.78 is 10.9. The molecule has 0 bridgehead atoms. The summed E-state index contributed by atoms with van der Waals surface area (Å²) in [6.45, 7) is 4.42. The van der Waals surface area contributed by atoms with Crippen molar-refractivity contribution >= 4 is 18.0 Å². The summed E-state index contributed by atoms with van der Waals surface area (Å²) in [6.07, 6.45) is 0.954. The normalized spacial score (nSPS) is 18.5. The minimum Gasteiger partial charge on any atom is -0.480 e. The zero-order valence-electron chi connectivity index (χ0n) is 20.2. The summed E-state index contributed by atoms with van der Waals surface area (Å²) >= 11 is 0. The van der Waals surface area contributed by atoms with Crippen LogP contribution in [-0.4, -0.2) is 66.9 Å². The number of alkyl carbamates (subject to hydrolysis) is 1. The van der Waals surface area contributed by atoms with Crippen LogP contribution in [0.1, 0.15) is 43.7 Å². The van der Waals surface area contributed by atoms with Crippen molar-refractivity contribution in [3.63, 3.8) is 0 Å². The average Bonchev–Trinajstić information content (AvgIpc) is 3.15. The number of nitrogens with zero attached hydrogens (tertiary/aromatic N) is 1. The Balaban J connectivity index is 1.20. The smallest absolute Gasteiger partial charge is 0.407 e. The highest BCUT2D eigenvalue weighted by Crippen LogP contribution is 2.44. The van der Waals surface area contributed by atoms with Crippen molar-refractivity contribution in [3.05, 3.63) is 59.7 Å². The third-order valence-electron chi connectivity index (χ3n) is 6.91. The average molecular weight is 481 g/mol. The Hall–Kier alpha value is -3.39. The number of ether oxygens (including phenoxy) is 2. The maximum absolute atomic E-state index is 12.6. The van der Waals surface area contributed by atoms with Gasteiger partial charge in [0, 0.05) is 19.0 Å². The molecule has 1 heterocycles. The molecule has 35 heavy (non-hydrogen) atoms. The highest BCUT2D eigenvalue weighted by Gasteiger charge is 2.44. The molecule has 1 unspecified atom stereocenters. The number of aliphatic carboxylic acids is 1. The van der Waals surface area contributed by atoms with Crippen LogP contribution in [0.5, 0.6) is 0 Å². The number of carboxylic acids is 1. The lowest BCUT2D eigenvalue weighted by atomic mass is 9.76. The molecular formula is C27H32N2O6. The zero-order valence-corrected chi connectivity index (χ0v) is 20.2. The fourth-order valence-corrected chi connectivity index (χ4v) is 5.25. The van der Waals surface area contributed by atoms with Gasteiger partial charge in [-0.15, -0.1) is 0 Å². The highest BCUT2D eigenvalue weighted by molar-refractivity contribution is 5.85. The highest BCUT2D eigenvalue weighted by atomic mass is 16.5. The van der Waals surface area contributed by atoms with Crippen LogP contribution in [0, 0.1) is 5.41 Å². The Bertz CT molecular complexity index is 1050. The van der Waals surface area contributed by atoms with Gasteiger partial charge in [0.05, 0.1) is 6.61 Å². The first-order valence-corrected chi connectivity index (χ1v) is 12.0. The van der Waals surface area contributed by atoms with Gasteiger partial charge in [0.15, 0.2) is 0 Å². The topological polar surface area (TPSA) is 105 Å². The summed E-state index contributed by atoms with van der Waals surface area (Å²) in [5.74, 6) is -1.37. The van der Waals surface area contributed by atoms with E-state index in [-0.39, 0.29) is 38.2 Å². The van der Waals surface area contributed by atoms with E-state index in [9.17, 15) is 19.5 Å². The summed E-state index contributed by atoms with van der Waals surface area (Å²) in [4.78, 5) is 37.9. The van der Waals surface area contributed by atoms with Gasteiger partial charge in [0.25, 0.3) is 0 Å². The van der Waals surface area contributed by atoms with E-state index in [1.165, 1.54) is 4.90 Å². The minimum atomic E-state index is -1.00. The molecule has 0 radical (unpaired) electrons. The molecule has 2 aliphatic rings. The van der Waals surface area contributed by atoms with Gasteiger partial charge in [-0.25, -0.2) is 9.59 Å². The van der Waals surface area contributed by atoms with E-state index >= 15 is 0 Å². The first kappa shape index (κ1) is 24.7. The molecule has 1 atom stereocenters. The maximum Gasteiger partial charge on any atom is 0.407 e. The quantitative estimate of drug-likeness (QED) is 0.559. The van der Waals surface area contributed by atoms with Crippen LogP contribution in [-0.2, 0) is 19.1 Å². The van der Waals surface area contributed by atoms with Crippen LogP contribution in [0.15, 0.2) is 48.5 Å². The van der Waals surface area contributed by atoms with E-state index in [4.69, 9.17) is 9.47 Å². The Morgan fingerprint density at radius 2 is 1.69 bits per heavy atom. The van der Waals surface area contributed by atoms with E-state index in [2.05, 4.69) is 29.6 Å². The molecule has 2 N–H and O–H groups in total. The standard InChI is InChI=1S/C27H32N2O6/c1-27(2)12-7-14-29(24(27)25(31)32)23(30)17-34-15-13-28-26(33)35-16-22-20-10-5-3-8-18(20)19-9-4-6-11-21(19)22/h3-6,8-11,22,24H,7,12-17H2,1-2H3,(H,28,33)(H,31,32). The second-order valence-electron chi connectivity index (χ2n) is 9.72. The Kier molecular flexibility index (Phi) is 7.40. The summed E-state index contributed by atoms with van der Waals surface area (Å²) in [7, 11) is 0. The first-order valence-electron chi connectivity index (χ1n) is 12.0. The molecule has 186 valence electrons. The molecule has 1 saturated heterocycles. The Morgan fingerprint density at radius 3 is 2.31 bits per heavy atom. The number of amides is 2. The van der Waals surface area contributed by atoms with Crippen LogP contribution >= 0.6 is 0 Å². The second kappa shape index (κ2) is 10.5. The molecule has 0 aromatic heterocycles. The number of nitrogens with one attached hydrogen (secondary N) is 1. The number of fused-ring (bicyclic) bond motifs is 3. The third kappa shape index (κ3) is 5.32. The molecular weight excluding hydrogens is 448 g/mol. The van der Waals surface area contributed by atoms with Gasteiger partial charge < -0.3 is 24.8 Å². The SMILES string of the molecule is CC1(C)CCCN(C(=O)COCCNC(=O)OCC2c3ccccc3-c3ccccc32)C1C(=O)O. The molecule has 2 aromatic carbocycles. The van der Waals surface area contributed by atoms with Crippen LogP contribution in [0.3, 0.4) is 0 Å². The monoisotopic (exact) mass is 480 g/mol. The molecule has 2 aromatic rings. The van der Waals surface area contributed by atoms with Crippen molar-refractivity contribution in [1.82, 2.24) is 10.2 Å². The van der Waals surface area contributed by atoms with Crippen LogP contribution < -0.4 is 5.32 Å². The number of carboxylic acid groups (broad SMARTS) is 1. The van der Waals surface area contributed by atoms with E-state index in [1.54, 1.807) is 0 Å². The lowest BCUT2D eigenvalue weighted by Gasteiger charge is -2.43. The summed E-state index contributed by atoms with van der Waals surface area (Å²) in [5.41, 5.74) is 4.12. The van der Waals surface area contributed by atoms with Gasteiger partial charge in [-0.1, -0.05) is 62.4 Å². The van der Waals surface area contributed by atoms with Crippen LogP contribution in [0.25, 0.3) is 11.1 Å². The van der Waals surface area contributed by atoms with Gasteiger partial charge in [-0.2, -0.15) is 0 Å². The van der Waals surface area contributed by atoms with E-state index in [1.807, 2.05) is 38.1 Å². The molecule has 8 heteroatoms. The van der Waals surface area contributed by atoms with Gasteiger partial charge in [-0.05, 0) is 40.5 Å². The van der Waals surface area contributed by atoms with Crippen molar-refractivity contribution in [3.8, 4) is 11.1 Å². The maximum atomic E-state index is 12.6. The zero-order chi connectivity index (χ0) is 25.0. The fourth-order valence-electron chi connectivity index (χ4n) is 5.25. The Morgan fingerprint density at radius 1 is 1.06 bits per heavy atom. The predicted molar refractivity (Wildman–Crippen MR) is 130 cm³/mol. The van der Waals surface area contributed by atoms with E-state index in [0.717, 1.165) is 35.1 Å². The number of piperidine rings is 1. The van der Waals surface area contributed by atoms with Gasteiger partial charge in [0.2, 0.25) is 5.91 Å². The van der Waals surface area contributed by atoms with E-state index < -0.39 is 23.5 Å². The summed E-state index contributed by atoms with van der Waals surface area (Å²) in [6, 6.07) is 15.4. The van der Waals surface area contributed by atoms with Gasteiger partial charge >= 0.3 is 12.1 Å². The number of carbonyl (C=O) groups excluding carboxylic acids is 2. The molecule has 8 nitrogen and oxygen atoms in total. The number of carbonyl (C=O) groups is 3. The lowest BCUT2D eigenvalue weighted by molar-refractivity contribution is -0.160. The second-order valence-corrected chi connectivity index (χ2v) is 9.72. The molecule has 4 rings (SSSR count). The largest absolute Gasteiger partial charge is 0.480 e. The lowest BCUT2D eigenvalue weighted by Crippen LogP contribution is -2.57. The van der Waals surface area contributed by atoms with Crippen molar-refractivity contribution in [2.45, 2.75) is 38.6 Å². The van der Waals surface area contributed by atoms with Gasteiger partial charge in [0.1, 0.15) is 19.3 Å². The molecule has 0 saturated carbocycles. The minimum absolute atomic E-state index is 0.0157.